The van der Waals surface area contributed by atoms with E-state index in [0.29, 0.717) is 11.2 Å². The highest BCUT2D eigenvalue weighted by Gasteiger charge is 2.21. The number of rotatable bonds is 3. The summed E-state index contributed by atoms with van der Waals surface area (Å²) in [5.41, 5.74) is 1.50. The molecule has 0 aliphatic carbocycles. The van der Waals surface area contributed by atoms with Crippen LogP contribution < -0.4 is 10.2 Å². The second kappa shape index (κ2) is 5.70. The molecule has 1 saturated heterocycles. The molecule has 1 fully saturated rings. The van der Waals surface area contributed by atoms with E-state index in [1.54, 1.807) is 23.0 Å². The van der Waals surface area contributed by atoms with Crippen LogP contribution in [0.4, 0.5) is 17.3 Å². The molecule has 1 aliphatic rings. The minimum atomic E-state index is 0.405. The Morgan fingerprint density at radius 3 is 3.09 bits per heavy atom. The first kappa shape index (κ1) is 14.3. The Morgan fingerprint density at radius 2 is 2.26 bits per heavy atom. The van der Waals surface area contributed by atoms with Gasteiger partial charge in [-0.1, -0.05) is 17.7 Å². The van der Waals surface area contributed by atoms with Crippen molar-refractivity contribution < 1.29 is 0 Å². The van der Waals surface area contributed by atoms with Crippen LogP contribution in [0.15, 0.2) is 36.7 Å². The second-order valence-electron chi connectivity index (χ2n) is 5.77. The summed E-state index contributed by atoms with van der Waals surface area (Å²) in [6, 6.07) is 8.31. The van der Waals surface area contributed by atoms with Crippen LogP contribution in [0.5, 0.6) is 0 Å². The first-order chi connectivity index (χ1) is 11.2. The Balaban J connectivity index is 1.67. The molecule has 118 valence electrons. The van der Waals surface area contributed by atoms with Crippen molar-refractivity contribution >= 4 is 34.6 Å². The summed E-state index contributed by atoms with van der Waals surface area (Å²) < 4.78 is 1.65. The van der Waals surface area contributed by atoms with E-state index in [2.05, 4.69) is 33.3 Å². The molecule has 1 aliphatic heterocycles. The predicted molar refractivity (Wildman–Crippen MR) is 91.6 cm³/mol. The summed E-state index contributed by atoms with van der Waals surface area (Å²) in [6.45, 7) is 3.30. The zero-order valence-electron chi connectivity index (χ0n) is 12.8. The average molecular weight is 329 g/mol. The van der Waals surface area contributed by atoms with E-state index in [0.717, 1.165) is 29.5 Å². The van der Waals surface area contributed by atoms with Crippen molar-refractivity contribution in [2.45, 2.75) is 25.8 Å². The Morgan fingerprint density at radius 1 is 1.35 bits per heavy atom. The van der Waals surface area contributed by atoms with Crippen molar-refractivity contribution in [1.82, 2.24) is 19.6 Å². The van der Waals surface area contributed by atoms with Gasteiger partial charge >= 0.3 is 0 Å². The number of hydrogen-bond acceptors (Lipinski definition) is 5. The SMILES string of the molecule is C[C@H]1CCCN1c1cccc(Nc2cc(Cl)nn3ccnc23)n1. The van der Waals surface area contributed by atoms with Crippen LogP contribution in [0.2, 0.25) is 5.15 Å². The lowest BCUT2D eigenvalue weighted by Crippen LogP contribution is -2.27. The number of nitrogens with zero attached hydrogens (tertiary/aromatic N) is 5. The Kier molecular flexibility index (Phi) is 3.53. The van der Waals surface area contributed by atoms with Crippen LogP contribution in [0.3, 0.4) is 0 Å². The number of nitrogens with one attached hydrogen (secondary N) is 1. The topological polar surface area (TPSA) is 58.4 Å². The third-order valence-corrected chi connectivity index (χ3v) is 4.36. The van der Waals surface area contributed by atoms with Crippen LogP contribution in [0.1, 0.15) is 19.8 Å². The summed E-state index contributed by atoms with van der Waals surface area (Å²) in [7, 11) is 0. The van der Waals surface area contributed by atoms with Gasteiger partial charge in [0.15, 0.2) is 10.8 Å². The molecule has 23 heavy (non-hydrogen) atoms. The number of anilines is 3. The van der Waals surface area contributed by atoms with Gasteiger partial charge in [0.2, 0.25) is 0 Å². The first-order valence-electron chi connectivity index (χ1n) is 7.71. The number of halogens is 1. The largest absolute Gasteiger partial charge is 0.354 e. The quantitative estimate of drug-likeness (QED) is 0.797. The molecule has 0 saturated carbocycles. The lowest BCUT2D eigenvalue weighted by Gasteiger charge is -2.23. The van der Waals surface area contributed by atoms with Crippen LogP contribution in [0.25, 0.3) is 5.65 Å². The van der Waals surface area contributed by atoms with Crippen LogP contribution in [-0.2, 0) is 0 Å². The average Bonchev–Trinajstić information content (AvgIpc) is 3.16. The van der Waals surface area contributed by atoms with E-state index in [9.17, 15) is 0 Å². The monoisotopic (exact) mass is 328 g/mol. The third kappa shape index (κ3) is 2.70. The van der Waals surface area contributed by atoms with Gasteiger partial charge in [-0.15, -0.1) is 0 Å². The van der Waals surface area contributed by atoms with E-state index in [1.165, 1.54) is 12.8 Å². The molecule has 1 N–H and O–H groups in total. The second-order valence-corrected chi connectivity index (χ2v) is 6.15. The lowest BCUT2D eigenvalue weighted by atomic mass is 10.2. The minimum Gasteiger partial charge on any atom is -0.354 e. The van der Waals surface area contributed by atoms with E-state index < -0.39 is 0 Å². The number of pyridine rings is 1. The number of fused-ring (bicyclic) bond motifs is 1. The fourth-order valence-corrected chi connectivity index (χ4v) is 3.23. The first-order valence-corrected chi connectivity index (χ1v) is 8.09. The maximum absolute atomic E-state index is 6.07. The van der Waals surface area contributed by atoms with Crippen molar-refractivity contribution in [1.29, 1.82) is 0 Å². The molecule has 4 heterocycles. The zero-order chi connectivity index (χ0) is 15.8. The van der Waals surface area contributed by atoms with Gasteiger partial charge in [0.25, 0.3) is 0 Å². The van der Waals surface area contributed by atoms with Crippen molar-refractivity contribution in [3.63, 3.8) is 0 Å². The van der Waals surface area contributed by atoms with E-state index in [4.69, 9.17) is 16.6 Å². The van der Waals surface area contributed by atoms with Gasteiger partial charge in [-0.25, -0.2) is 14.5 Å². The van der Waals surface area contributed by atoms with Gasteiger partial charge in [-0.2, -0.15) is 5.10 Å². The molecule has 7 heteroatoms. The molecule has 3 aromatic rings. The molecule has 0 bridgehead atoms. The molecule has 0 aromatic carbocycles. The number of hydrogen-bond donors (Lipinski definition) is 1. The number of aromatic nitrogens is 4. The molecule has 6 nitrogen and oxygen atoms in total. The molecule has 0 radical (unpaired) electrons. The molecular weight excluding hydrogens is 312 g/mol. The van der Waals surface area contributed by atoms with Crippen molar-refractivity contribution in [2.75, 3.05) is 16.8 Å². The van der Waals surface area contributed by atoms with Gasteiger partial charge in [0.1, 0.15) is 11.6 Å². The minimum absolute atomic E-state index is 0.405. The van der Waals surface area contributed by atoms with Crippen LogP contribution in [-0.4, -0.2) is 32.2 Å². The van der Waals surface area contributed by atoms with Crippen molar-refractivity contribution in [2.24, 2.45) is 0 Å². The highest BCUT2D eigenvalue weighted by Crippen LogP contribution is 2.27. The smallest absolute Gasteiger partial charge is 0.177 e. The van der Waals surface area contributed by atoms with Crippen LogP contribution >= 0.6 is 11.6 Å². The maximum Gasteiger partial charge on any atom is 0.177 e. The Bertz CT molecular complexity index is 845. The molecule has 0 unspecified atom stereocenters. The lowest BCUT2D eigenvalue weighted by molar-refractivity contribution is 0.727. The van der Waals surface area contributed by atoms with E-state index >= 15 is 0 Å². The molecule has 0 amide bonds. The zero-order valence-corrected chi connectivity index (χ0v) is 13.5. The molecular formula is C16H17ClN6. The molecule has 1 atom stereocenters. The van der Waals surface area contributed by atoms with Crippen LogP contribution in [0, 0.1) is 0 Å². The molecule has 3 aromatic heterocycles. The highest BCUT2D eigenvalue weighted by atomic mass is 35.5. The Labute approximate surface area is 139 Å². The summed E-state index contributed by atoms with van der Waals surface area (Å²) in [5.74, 6) is 1.77. The normalized spacial score (nSPS) is 17.8. The fraction of sp³-hybridized carbons (Fsp3) is 0.312. The predicted octanol–water partition coefficient (Wildman–Crippen LogP) is 3.51. The summed E-state index contributed by atoms with van der Waals surface area (Å²) in [4.78, 5) is 11.4. The van der Waals surface area contributed by atoms with E-state index in [1.807, 2.05) is 12.1 Å². The van der Waals surface area contributed by atoms with Crippen molar-refractivity contribution in [3.8, 4) is 0 Å². The number of imidazole rings is 1. The van der Waals surface area contributed by atoms with Gasteiger partial charge < -0.3 is 10.2 Å². The van der Waals surface area contributed by atoms with Gasteiger partial charge in [-0.3, -0.25) is 0 Å². The fourth-order valence-electron chi connectivity index (χ4n) is 3.04. The maximum atomic E-state index is 6.07. The standard InChI is InChI=1S/C16H17ClN6/c1-11-4-3-8-22(11)15-6-2-5-14(20-15)19-12-10-13(17)21-23-9-7-18-16(12)23/h2,5-7,9-11H,3-4,8H2,1H3,(H,19,20)/t11-/m0/s1. The summed E-state index contributed by atoms with van der Waals surface area (Å²) >= 11 is 6.07. The van der Waals surface area contributed by atoms with Gasteiger partial charge in [-0.05, 0) is 31.9 Å². The molecule has 0 spiro atoms. The summed E-state index contributed by atoms with van der Waals surface area (Å²) in [6.07, 6.45) is 5.89. The summed E-state index contributed by atoms with van der Waals surface area (Å²) in [5, 5.41) is 7.89. The molecule has 4 rings (SSSR count). The van der Waals surface area contributed by atoms with Gasteiger partial charge in [0, 0.05) is 31.0 Å². The Hall–Kier alpha value is -2.34. The highest BCUT2D eigenvalue weighted by molar-refractivity contribution is 6.29. The third-order valence-electron chi connectivity index (χ3n) is 4.17. The van der Waals surface area contributed by atoms with Crippen molar-refractivity contribution in [3.05, 3.63) is 41.8 Å². The van der Waals surface area contributed by atoms with Gasteiger partial charge in [0.05, 0.1) is 5.69 Å². The van der Waals surface area contributed by atoms with E-state index in [-0.39, 0.29) is 0 Å².